The lowest BCUT2D eigenvalue weighted by molar-refractivity contribution is 0.268. The number of imidazole rings is 1. The minimum absolute atomic E-state index is 0.469. The Kier molecular flexibility index (Phi) is 4.60. The zero-order valence-electron chi connectivity index (χ0n) is 11.2. The first-order chi connectivity index (χ1) is 8.31. The van der Waals surface area contributed by atoms with Crippen LogP contribution in [0.15, 0.2) is 12.5 Å². The molecule has 3 heteroatoms. The van der Waals surface area contributed by atoms with Crippen molar-refractivity contribution in [3.05, 3.63) is 18.2 Å². The third-order valence-electron chi connectivity index (χ3n) is 3.78. The predicted molar refractivity (Wildman–Crippen MR) is 70.8 cm³/mol. The monoisotopic (exact) mass is 235 g/mol. The van der Waals surface area contributed by atoms with Gasteiger partial charge in [-0.15, -0.1) is 0 Å². The van der Waals surface area contributed by atoms with Gasteiger partial charge in [-0.25, -0.2) is 4.98 Å². The summed E-state index contributed by atoms with van der Waals surface area (Å²) >= 11 is 0. The number of hydrogen-bond acceptors (Lipinski definition) is 2. The molecule has 1 unspecified atom stereocenters. The molecule has 1 N–H and O–H groups in total. The largest absolute Gasteiger partial charge is 0.340 e. The van der Waals surface area contributed by atoms with Gasteiger partial charge in [0.2, 0.25) is 0 Å². The molecule has 1 atom stereocenters. The zero-order valence-corrected chi connectivity index (χ0v) is 11.2. The van der Waals surface area contributed by atoms with Crippen molar-refractivity contribution >= 4 is 0 Å². The molecule has 17 heavy (non-hydrogen) atoms. The van der Waals surface area contributed by atoms with Crippen LogP contribution in [0, 0.1) is 5.92 Å². The highest BCUT2D eigenvalue weighted by Crippen LogP contribution is 2.33. The predicted octanol–water partition coefficient (Wildman–Crippen LogP) is 3.04. The van der Waals surface area contributed by atoms with Gasteiger partial charge < -0.3 is 9.88 Å². The molecular weight excluding hydrogens is 210 g/mol. The van der Waals surface area contributed by atoms with Crippen LogP contribution in [0.5, 0.6) is 0 Å². The summed E-state index contributed by atoms with van der Waals surface area (Å²) in [6, 6.07) is 0.469. The molecule has 0 aromatic carbocycles. The summed E-state index contributed by atoms with van der Waals surface area (Å²) in [5.74, 6) is 0.783. The molecule has 2 rings (SSSR count). The smallest absolute Gasteiger partial charge is 0.0947 e. The molecular formula is C14H25N3. The van der Waals surface area contributed by atoms with Crippen LogP contribution in [-0.2, 0) is 7.05 Å². The summed E-state index contributed by atoms with van der Waals surface area (Å²) in [7, 11) is 2.05. The average molecular weight is 235 g/mol. The van der Waals surface area contributed by atoms with E-state index in [9.17, 15) is 0 Å². The van der Waals surface area contributed by atoms with E-state index in [1.54, 1.807) is 0 Å². The molecule has 0 saturated heterocycles. The van der Waals surface area contributed by atoms with E-state index in [2.05, 4.69) is 28.0 Å². The SMILES string of the molecule is CCCNC(c1cn(C)cn1)C1CCCCC1. The number of aryl methyl sites for hydroxylation is 1. The van der Waals surface area contributed by atoms with Gasteiger partial charge in [-0.3, -0.25) is 0 Å². The number of hydrogen-bond donors (Lipinski definition) is 1. The Morgan fingerprint density at radius 2 is 2.18 bits per heavy atom. The van der Waals surface area contributed by atoms with Crippen molar-refractivity contribution in [2.75, 3.05) is 6.54 Å². The Bertz CT molecular complexity index is 326. The van der Waals surface area contributed by atoms with Crippen LogP contribution >= 0.6 is 0 Å². The van der Waals surface area contributed by atoms with Crippen molar-refractivity contribution in [3.8, 4) is 0 Å². The molecule has 1 saturated carbocycles. The third kappa shape index (κ3) is 3.32. The first-order valence-electron chi connectivity index (χ1n) is 7.02. The van der Waals surface area contributed by atoms with Gasteiger partial charge in [-0.1, -0.05) is 26.2 Å². The first-order valence-corrected chi connectivity index (χ1v) is 7.02. The highest BCUT2D eigenvalue weighted by molar-refractivity contribution is 5.06. The topological polar surface area (TPSA) is 29.9 Å². The molecule has 96 valence electrons. The van der Waals surface area contributed by atoms with Crippen molar-refractivity contribution in [3.63, 3.8) is 0 Å². The maximum absolute atomic E-state index is 4.54. The lowest BCUT2D eigenvalue weighted by atomic mass is 9.83. The highest BCUT2D eigenvalue weighted by Gasteiger charge is 2.25. The van der Waals surface area contributed by atoms with Crippen LogP contribution in [0.4, 0.5) is 0 Å². The second-order valence-electron chi connectivity index (χ2n) is 5.29. The van der Waals surface area contributed by atoms with Gasteiger partial charge in [0.25, 0.3) is 0 Å². The van der Waals surface area contributed by atoms with Crippen LogP contribution in [0.1, 0.15) is 57.2 Å². The fourth-order valence-electron chi connectivity index (χ4n) is 2.87. The third-order valence-corrected chi connectivity index (χ3v) is 3.78. The van der Waals surface area contributed by atoms with Gasteiger partial charge in [-0.2, -0.15) is 0 Å². The van der Waals surface area contributed by atoms with Crippen LogP contribution in [0.3, 0.4) is 0 Å². The van der Waals surface area contributed by atoms with Crippen LogP contribution in [0.25, 0.3) is 0 Å². The Labute approximate surface area is 105 Å². The van der Waals surface area contributed by atoms with Crippen LogP contribution < -0.4 is 5.32 Å². The van der Waals surface area contributed by atoms with Gasteiger partial charge >= 0.3 is 0 Å². The number of nitrogens with zero attached hydrogens (tertiary/aromatic N) is 2. The Morgan fingerprint density at radius 3 is 2.76 bits per heavy atom. The fraction of sp³-hybridized carbons (Fsp3) is 0.786. The van der Waals surface area contributed by atoms with E-state index >= 15 is 0 Å². The van der Waals surface area contributed by atoms with Crippen LogP contribution in [0.2, 0.25) is 0 Å². The lowest BCUT2D eigenvalue weighted by Gasteiger charge is -2.30. The van der Waals surface area contributed by atoms with Crippen molar-refractivity contribution in [1.29, 1.82) is 0 Å². The minimum atomic E-state index is 0.469. The molecule has 0 aliphatic heterocycles. The number of aromatic nitrogens is 2. The molecule has 3 nitrogen and oxygen atoms in total. The van der Waals surface area contributed by atoms with Gasteiger partial charge in [0.15, 0.2) is 0 Å². The quantitative estimate of drug-likeness (QED) is 0.850. The Morgan fingerprint density at radius 1 is 1.41 bits per heavy atom. The van der Waals surface area contributed by atoms with Gasteiger partial charge in [0, 0.05) is 13.2 Å². The van der Waals surface area contributed by atoms with E-state index in [4.69, 9.17) is 0 Å². The molecule has 1 aliphatic rings. The number of rotatable bonds is 5. The maximum atomic E-state index is 4.54. The molecule has 1 aromatic rings. The summed E-state index contributed by atoms with van der Waals surface area (Å²) in [4.78, 5) is 4.54. The van der Waals surface area contributed by atoms with Gasteiger partial charge in [0.05, 0.1) is 18.1 Å². The Balaban J connectivity index is 2.06. The first kappa shape index (κ1) is 12.6. The van der Waals surface area contributed by atoms with E-state index < -0.39 is 0 Å². The fourth-order valence-corrected chi connectivity index (χ4v) is 2.87. The summed E-state index contributed by atoms with van der Waals surface area (Å²) in [5.41, 5.74) is 1.23. The number of nitrogens with one attached hydrogen (secondary N) is 1. The van der Waals surface area contributed by atoms with Gasteiger partial charge in [0.1, 0.15) is 0 Å². The Hall–Kier alpha value is -0.830. The summed E-state index contributed by atoms with van der Waals surface area (Å²) < 4.78 is 2.05. The summed E-state index contributed by atoms with van der Waals surface area (Å²) in [6.45, 7) is 3.32. The van der Waals surface area contributed by atoms with Crippen molar-refractivity contribution in [1.82, 2.24) is 14.9 Å². The van der Waals surface area contributed by atoms with Gasteiger partial charge in [-0.05, 0) is 31.7 Å². The van der Waals surface area contributed by atoms with Crippen LogP contribution in [-0.4, -0.2) is 16.1 Å². The molecule has 1 fully saturated rings. The summed E-state index contributed by atoms with van der Waals surface area (Å²) in [6.07, 6.45) is 12.2. The maximum Gasteiger partial charge on any atom is 0.0947 e. The molecule has 0 radical (unpaired) electrons. The van der Waals surface area contributed by atoms with Crippen molar-refractivity contribution in [2.45, 2.75) is 51.5 Å². The second kappa shape index (κ2) is 6.20. The van der Waals surface area contributed by atoms with E-state index in [1.807, 2.05) is 13.4 Å². The molecule has 1 aromatic heterocycles. The van der Waals surface area contributed by atoms with E-state index in [-0.39, 0.29) is 0 Å². The second-order valence-corrected chi connectivity index (χ2v) is 5.29. The minimum Gasteiger partial charge on any atom is -0.340 e. The molecule has 0 spiro atoms. The lowest BCUT2D eigenvalue weighted by Crippen LogP contribution is -2.30. The van der Waals surface area contributed by atoms with E-state index in [0.717, 1.165) is 12.5 Å². The van der Waals surface area contributed by atoms with Crippen molar-refractivity contribution in [2.24, 2.45) is 13.0 Å². The molecule has 0 amide bonds. The summed E-state index contributed by atoms with van der Waals surface area (Å²) in [5, 5.41) is 3.69. The average Bonchev–Trinajstić information content (AvgIpc) is 2.78. The normalized spacial score (nSPS) is 19.4. The van der Waals surface area contributed by atoms with E-state index in [1.165, 1.54) is 44.2 Å². The zero-order chi connectivity index (χ0) is 12.1. The highest BCUT2D eigenvalue weighted by atomic mass is 15.0. The molecule has 1 heterocycles. The standard InChI is InChI=1S/C14H25N3/c1-3-9-15-14(12-7-5-4-6-8-12)13-10-17(2)11-16-13/h10-12,14-15H,3-9H2,1-2H3. The molecule has 0 bridgehead atoms. The molecule has 1 aliphatic carbocycles. The van der Waals surface area contributed by atoms with E-state index in [0.29, 0.717) is 6.04 Å². The van der Waals surface area contributed by atoms with Crippen molar-refractivity contribution < 1.29 is 0 Å².